The molecule has 2 nitrogen and oxygen atoms in total. The Morgan fingerprint density at radius 2 is 0.899 bits per heavy atom. The molecule has 0 fully saturated rings. The van der Waals surface area contributed by atoms with Crippen LogP contribution in [-0.2, 0) is 16.2 Å². The van der Waals surface area contributed by atoms with Gasteiger partial charge in [-0.2, -0.15) is 0 Å². The number of fused-ring (bicyclic) bond motifs is 18. The van der Waals surface area contributed by atoms with Crippen molar-refractivity contribution >= 4 is 38.9 Å². The van der Waals surface area contributed by atoms with Crippen molar-refractivity contribution in [3.63, 3.8) is 0 Å². The van der Waals surface area contributed by atoms with Crippen LogP contribution >= 0.6 is 0 Å². The van der Waals surface area contributed by atoms with Gasteiger partial charge >= 0.3 is 0 Å². The van der Waals surface area contributed by atoms with E-state index in [-0.39, 0.29) is 10.8 Å². The molecule has 0 bridgehead atoms. The molecule has 2 heterocycles. The number of benzene rings is 10. The maximum atomic E-state index is 2.58. The minimum absolute atomic E-state index is 0.152. The van der Waals surface area contributed by atoms with Crippen molar-refractivity contribution in [2.45, 2.75) is 43.9 Å². The van der Waals surface area contributed by atoms with Gasteiger partial charge in [0, 0.05) is 32.9 Å². The molecule has 1 aliphatic heterocycles. The lowest BCUT2D eigenvalue weighted by atomic mass is 9.65. The van der Waals surface area contributed by atoms with Gasteiger partial charge in [0.2, 0.25) is 0 Å². The first-order valence-corrected chi connectivity index (χ1v) is 24.5. The maximum absolute atomic E-state index is 2.58. The number of para-hydroxylation sites is 4. The smallest absolute Gasteiger partial charge is 0.0754 e. The van der Waals surface area contributed by atoms with Gasteiger partial charge < -0.3 is 9.47 Å². The average Bonchev–Trinajstić information content (AvgIpc) is 4.04. The molecule has 0 saturated carbocycles. The number of anilines is 3. The van der Waals surface area contributed by atoms with Crippen molar-refractivity contribution in [1.82, 2.24) is 4.57 Å². The molecule has 326 valence electrons. The van der Waals surface area contributed by atoms with Gasteiger partial charge in [-0.1, -0.05) is 204 Å². The van der Waals surface area contributed by atoms with Crippen LogP contribution in [0.2, 0.25) is 0 Å². The number of aromatic nitrogens is 1. The third-order valence-electron chi connectivity index (χ3n) is 16.8. The normalized spacial score (nSPS) is 16.7. The molecule has 10 aromatic carbocycles. The minimum Gasteiger partial charge on any atom is -0.310 e. The highest BCUT2D eigenvalue weighted by molar-refractivity contribution is 6.13. The van der Waals surface area contributed by atoms with Gasteiger partial charge in [-0.25, -0.2) is 0 Å². The molecule has 0 radical (unpaired) electrons. The predicted octanol–water partition coefficient (Wildman–Crippen LogP) is 17.2. The molecule has 3 aliphatic carbocycles. The summed E-state index contributed by atoms with van der Waals surface area (Å²) in [7, 11) is 0. The highest BCUT2D eigenvalue weighted by atomic mass is 15.1. The highest BCUT2D eigenvalue weighted by Crippen LogP contribution is 2.62. The van der Waals surface area contributed by atoms with E-state index in [1.807, 2.05) is 0 Å². The van der Waals surface area contributed by atoms with E-state index in [4.69, 9.17) is 0 Å². The fourth-order valence-electron chi connectivity index (χ4n) is 13.9. The van der Waals surface area contributed by atoms with Crippen LogP contribution in [-0.4, -0.2) is 4.57 Å². The standard InChI is InChI=1S/C67H48N2/c1-65(2)52-26-10-5-20-44(52)47-37-36-42(40-58(47)65)68(62-34-18-24-49-45-21-6-11-27-53(45)66(3,4)63(49)62)59-31-14-8-19-43(59)41-35-38-55-51(39-41)46-22-7-12-28-54(46)67(55)56-29-13-16-33-61(56)69-60-32-15-9-23-48(60)50-25-17-30-57(67)64(50)69/h5-40H,1-4H3. The molecular formula is C67H48N2. The van der Waals surface area contributed by atoms with E-state index in [0.29, 0.717) is 0 Å². The Morgan fingerprint density at radius 3 is 1.71 bits per heavy atom. The van der Waals surface area contributed by atoms with Gasteiger partial charge in [0.15, 0.2) is 0 Å². The van der Waals surface area contributed by atoms with E-state index in [9.17, 15) is 0 Å². The second kappa shape index (κ2) is 13.5. The van der Waals surface area contributed by atoms with Crippen LogP contribution in [0.1, 0.15) is 72.2 Å². The minimum atomic E-state index is -0.504. The van der Waals surface area contributed by atoms with Crippen LogP contribution in [0, 0.1) is 0 Å². The Kier molecular flexibility index (Phi) is 7.60. The fourth-order valence-corrected chi connectivity index (χ4v) is 13.9. The van der Waals surface area contributed by atoms with E-state index in [1.54, 1.807) is 0 Å². The van der Waals surface area contributed by atoms with Gasteiger partial charge in [-0.05, 0) is 126 Å². The van der Waals surface area contributed by atoms with E-state index in [2.05, 4.69) is 256 Å². The summed E-state index contributed by atoms with van der Waals surface area (Å²) in [6.45, 7) is 9.59. The van der Waals surface area contributed by atoms with Crippen molar-refractivity contribution in [3.05, 3.63) is 263 Å². The van der Waals surface area contributed by atoms with Gasteiger partial charge in [-0.3, -0.25) is 0 Å². The predicted molar refractivity (Wildman–Crippen MR) is 287 cm³/mol. The summed E-state index contributed by atoms with van der Waals surface area (Å²) in [6, 6.07) is 82.9. The van der Waals surface area contributed by atoms with E-state index in [0.717, 1.165) is 11.4 Å². The zero-order chi connectivity index (χ0) is 46.0. The topological polar surface area (TPSA) is 8.17 Å². The Morgan fingerprint density at radius 1 is 0.348 bits per heavy atom. The highest BCUT2D eigenvalue weighted by Gasteiger charge is 2.51. The van der Waals surface area contributed by atoms with Crippen LogP contribution in [0.5, 0.6) is 0 Å². The summed E-state index contributed by atoms with van der Waals surface area (Å²) in [5.74, 6) is 0. The van der Waals surface area contributed by atoms with Crippen LogP contribution in [0.3, 0.4) is 0 Å². The molecule has 1 atom stereocenters. The van der Waals surface area contributed by atoms with Crippen molar-refractivity contribution < 1.29 is 0 Å². The van der Waals surface area contributed by atoms with Crippen molar-refractivity contribution in [2.24, 2.45) is 0 Å². The second-order valence-corrected chi connectivity index (χ2v) is 20.8. The lowest BCUT2D eigenvalue weighted by Crippen LogP contribution is -2.33. The van der Waals surface area contributed by atoms with Gasteiger partial charge in [0.25, 0.3) is 0 Å². The number of nitrogens with zero attached hydrogens (tertiary/aromatic N) is 2. The monoisotopic (exact) mass is 880 g/mol. The SMILES string of the molecule is CC1(C)c2ccccc2-c2ccc(N(c3ccccc3-c3ccc4c(c3)-c3ccccc3C43c4ccccc4-n4c5ccccc5c5cccc3c54)c3cccc4c3C(C)(C)c3ccccc3-4)cc21. The summed E-state index contributed by atoms with van der Waals surface area (Å²) in [4.78, 5) is 2.58. The molecular weight excluding hydrogens is 833 g/mol. The van der Waals surface area contributed by atoms with Crippen LogP contribution in [0.15, 0.2) is 218 Å². The zero-order valence-corrected chi connectivity index (χ0v) is 39.2. The van der Waals surface area contributed by atoms with E-state index in [1.165, 1.54) is 122 Å². The quantitative estimate of drug-likeness (QED) is 0.171. The molecule has 0 saturated heterocycles. The molecule has 0 N–H and O–H groups in total. The molecule has 15 rings (SSSR count). The maximum Gasteiger partial charge on any atom is 0.0754 e. The molecule has 1 aromatic heterocycles. The second-order valence-electron chi connectivity index (χ2n) is 20.8. The lowest BCUT2D eigenvalue weighted by Gasteiger charge is -2.39. The summed E-state index contributed by atoms with van der Waals surface area (Å²) in [6.07, 6.45) is 0. The Balaban J connectivity index is 0.977. The van der Waals surface area contributed by atoms with Gasteiger partial charge in [-0.15, -0.1) is 0 Å². The molecule has 69 heavy (non-hydrogen) atoms. The molecule has 1 spiro atoms. The third-order valence-corrected chi connectivity index (χ3v) is 16.8. The van der Waals surface area contributed by atoms with E-state index < -0.39 is 5.41 Å². The average molecular weight is 881 g/mol. The molecule has 2 heteroatoms. The van der Waals surface area contributed by atoms with Crippen LogP contribution in [0.25, 0.3) is 72.0 Å². The molecule has 1 unspecified atom stereocenters. The summed E-state index contributed by atoms with van der Waals surface area (Å²) in [5.41, 5.74) is 27.5. The Bertz CT molecular complexity index is 4050. The largest absolute Gasteiger partial charge is 0.310 e. The third kappa shape index (κ3) is 4.81. The summed E-state index contributed by atoms with van der Waals surface area (Å²) >= 11 is 0. The van der Waals surface area contributed by atoms with E-state index >= 15 is 0 Å². The Labute approximate surface area is 403 Å². The summed E-state index contributed by atoms with van der Waals surface area (Å²) < 4.78 is 2.53. The van der Waals surface area contributed by atoms with Crippen molar-refractivity contribution in [2.75, 3.05) is 4.90 Å². The number of hydrogen-bond acceptors (Lipinski definition) is 1. The number of hydrogen-bond donors (Lipinski definition) is 0. The summed E-state index contributed by atoms with van der Waals surface area (Å²) in [5, 5.41) is 2.59. The van der Waals surface area contributed by atoms with Crippen molar-refractivity contribution in [1.29, 1.82) is 0 Å². The molecule has 11 aromatic rings. The lowest BCUT2D eigenvalue weighted by molar-refractivity contribution is 0.658. The van der Waals surface area contributed by atoms with Gasteiger partial charge in [0.05, 0.1) is 33.5 Å². The molecule has 4 aliphatic rings. The fraction of sp³-hybridized carbons (Fsp3) is 0.104. The first-order chi connectivity index (χ1) is 33.8. The zero-order valence-electron chi connectivity index (χ0n) is 39.2. The van der Waals surface area contributed by atoms with Crippen molar-refractivity contribution in [3.8, 4) is 50.2 Å². The van der Waals surface area contributed by atoms with Crippen LogP contribution in [0.4, 0.5) is 17.1 Å². The first-order valence-electron chi connectivity index (χ1n) is 24.5. The Hall–Kier alpha value is -8.20. The van der Waals surface area contributed by atoms with Crippen LogP contribution < -0.4 is 4.90 Å². The first kappa shape index (κ1) is 38.9. The number of rotatable bonds is 4. The molecule has 0 amide bonds. The van der Waals surface area contributed by atoms with Gasteiger partial charge in [0.1, 0.15) is 0 Å².